The number of para-hydroxylation sites is 1. The van der Waals surface area contributed by atoms with Crippen molar-refractivity contribution in [1.29, 1.82) is 0 Å². The van der Waals surface area contributed by atoms with E-state index in [1.54, 1.807) is 12.1 Å². The third kappa shape index (κ3) is 3.67. The normalized spacial score (nSPS) is 19.5. The molecular formula is C15H23FN2O. The van der Waals surface area contributed by atoms with Gasteiger partial charge in [-0.15, -0.1) is 0 Å². The summed E-state index contributed by atoms with van der Waals surface area (Å²) in [6.07, 6.45) is 2.34. The van der Waals surface area contributed by atoms with Crippen LogP contribution in [0.4, 0.5) is 4.39 Å². The molecule has 0 spiro atoms. The standard InChI is InChI=1S/C15H23FN2O/c1-15(6-8-18(2)9-7-15)11-17-10-12-4-3-5-13(16)14(12)19/h3-5,17,19H,6-11H2,1-2H3. The number of hydrogen-bond acceptors (Lipinski definition) is 3. The van der Waals surface area contributed by atoms with E-state index in [1.807, 2.05) is 0 Å². The van der Waals surface area contributed by atoms with Crippen LogP contribution >= 0.6 is 0 Å². The highest BCUT2D eigenvalue weighted by atomic mass is 19.1. The quantitative estimate of drug-likeness (QED) is 0.878. The first-order valence-electron chi connectivity index (χ1n) is 6.86. The first kappa shape index (κ1) is 14.3. The molecule has 2 rings (SSSR count). The van der Waals surface area contributed by atoms with Gasteiger partial charge in [0.05, 0.1) is 0 Å². The van der Waals surface area contributed by atoms with Crippen LogP contribution in [-0.4, -0.2) is 36.7 Å². The number of phenols is 1. The fraction of sp³-hybridized carbons (Fsp3) is 0.600. The number of benzene rings is 1. The smallest absolute Gasteiger partial charge is 0.165 e. The maximum Gasteiger partial charge on any atom is 0.165 e. The summed E-state index contributed by atoms with van der Waals surface area (Å²) in [6, 6.07) is 4.66. The zero-order chi connectivity index (χ0) is 13.9. The molecule has 4 heteroatoms. The average Bonchev–Trinajstić information content (AvgIpc) is 2.39. The lowest BCUT2D eigenvalue weighted by Crippen LogP contribution is -2.41. The van der Waals surface area contributed by atoms with Gasteiger partial charge in [0.15, 0.2) is 11.6 Å². The maximum absolute atomic E-state index is 13.2. The molecule has 1 aliphatic rings. The SMILES string of the molecule is CN1CCC(C)(CNCc2cccc(F)c2O)CC1. The Balaban J connectivity index is 1.85. The fourth-order valence-electron chi connectivity index (χ4n) is 2.54. The van der Waals surface area contributed by atoms with Gasteiger partial charge in [0.2, 0.25) is 0 Å². The van der Waals surface area contributed by atoms with Gasteiger partial charge < -0.3 is 15.3 Å². The Kier molecular flexibility index (Phi) is 4.42. The minimum atomic E-state index is -0.551. The lowest BCUT2D eigenvalue weighted by Gasteiger charge is -2.38. The van der Waals surface area contributed by atoms with E-state index in [0.29, 0.717) is 17.5 Å². The van der Waals surface area contributed by atoms with Crippen molar-refractivity contribution in [1.82, 2.24) is 10.2 Å². The zero-order valence-electron chi connectivity index (χ0n) is 11.7. The van der Waals surface area contributed by atoms with Gasteiger partial charge in [0.25, 0.3) is 0 Å². The summed E-state index contributed by atoms with van der Waals surface area (Å²) < 4.78 is 13.2. The van der Waals surface area contributed by atoms with Gasteiger partial charge in [-0.1, -0.05) is 19.1 Å². The summed E-state index contributed by atoms with van der Waals surface area (Å²) in [4.78, 5) is 2.35. The molecular weight excluding hydrogens is 243 g/mol. The molecule has 106 valence electrons. The highest BCUT2D eigenvalue weighted by molar-refractivity contribution is 5.33. The molecule has 0 radical (unpaired) electrons. The van der Waals surface area contributed by atoms with E-state index in [4.69, 9.17) is 0 Å². The number of phenolic OH excluding ortho intramolecular Hbond substituents is 1. The van der Waals surface area contributed by atoms with Crippen LogP contribution in [0.1, 0.15) is 25.3 Å². The molecule has 0 aromatic heterocycles. The molecule has 3 nitrogen and oxygen atoms in total. The summed E-state index contributed by atoms with van der Waals surface area (Å²) in [5, 5.41) is 13.0. The minimum Gasteiger partial charge on any atom is -0.505 e. The Morgan fingerprint density at radius 1 is 1.37 bits per heavy atom. The molecule has 1 aliphatic heterocycles. The molecule has 0 saturated carbocycles. The van der Waals surface area contributed by atoms with E-state index in [0.717, 1.165) is 19.6 Å². The molecule has 1 heterocycles. The summed E-state index contributed by atoms with van der Waals surface area (Å²) in [7, 11) is 2.15. The molecule has 0 unspecified atom stereocenters. The Morgan fingerprint density at radius 3 is 2.74 bits per heavy atom. The zero-order valence-corrected chi connectivity index (χ0v) is 11.7. The number of halogens is 1. The topological polar surface area (TPSA) is 35.5 Å². The highest BCUT2D eigenvalue weighted by Crippen LogP contribution is 2.29. The lowest BCUT2D eigenvalue weighted by atomic mass is 9.80. The predicted molar refractivity (Wildman–Crippen MR) is 74.6 cm³/mol. The van der Waals surface area contributed by atoms with Crippen LogP contribution in [0.3, 0.4) is 0 Å². The van der Waals surface area contributed by atoms with Crippen molar-refractivity contribution in [3.63, 3.8) is 0 Å². The van der Waals surface area contributed by atoms with Crippen molar-refractivity contribution < 1.29 is 9.50 Å². The summed E-state index contributed by atoms with van der Waals surface area (Å²) in [5.74, 6) is -0.784. The fourth-order valence-corrected chi connectivity index (χ4v) is 2.54. The molecule has 2 N–H and O–H groups in total. The van der Waals surface area contributed by atoms with Crippen molar-refractivity contribution in [2.45, 2.75) is 26.3 Å². The van der Waals surface area contributed by atoms with E-state index in [2.05, 4.69) is 24.2 Å². The molecule has 19 heavy (non-hydrogen) atoms. The van der Waals surface area contributed by atoms with E-state index >= 15 is 0 Å². The molecule has 0 aliphatic carbocycles. The van der Waals surface area contributed by atoms with Crippen LogP contribution in [-0.2, 0) is 6.54 Å². The monoisotopic (exact) mass is 266 g/mol. The van der Waals surface area contributed by atoms with Crippen LogP contribution in [0.25, 0.3) is 0 Å². The Hall–Kier alpha value is -1.13. The van der Waals surface area contributed by atoms with Crippen molar-refractivity contribution >= 4 is 0 Å². The van der Waals surface area contributed by atoms with Gasteiger partial charge in [-0.25, -0.2) is 4.39 Å². The van der Waals surface area contributed by atoms with Crippen LogP contribution < -0.4 is 5.32 Å². The third-order valence-electron chi connectivity index (χ3n) is 4.13. The molecule has 1 aromatic carbocycles. The van der Waals surface area contributed by atoms with Crippen LogP contribution in [0.15, 0.2) is 18.2 Å². The minimum absolute atomic E-state index is 0.233. The van der Waals surface area contributed by atoms with Gasteiger partial charge >= 0.3 is 0 Å². The van der Waals surface area contributed by atoms with Gasteiger partial charge in [0.1, 0.15) is 0 Å². The molecule has 1 saturated heterocycles. The largest absolute Gasteiger partial charge is 0.505 e. The van der Waals surface area contributed by atoms with Gasteiger partial charge in [-0.3, -0.25) is 0 Å². The van der Waals surface area contributed by atoms with Crippen LogP contribution in [0.2, 0.25) is 0 Å². The highest BCUT2D eigenvalue weighted by Gasteiger charge is 2.28. The number of nitrogens with zero attached hydrogens (tertiary/aromatic N) is 1. The second-order valence-corrected chi connectivity index (χ2v) is 5.97. The van der Waals surface area contributed by atoms with Crippen molar-refractivity contribution in [2.24, 2.45) is 5.41 Å². The molecule has 0 atom stereocenters. The Morgan fingerprint density at radius 2 is 2.05 bits per heavy atom. The van der Waals surface area contributed by atoms with E-state index < -0.39 is 5.82 Å². The average molecular weight is 266 g/mol. The second kappa shape index (κ2) is 5.88. The van der Waals surface area contributed by atoms with E-state index in [-0.39, 0.29) is 5.75 Å². The summed E-state index contributed by atoms with van der Waals surface area (Å²) in [5.41, 5.74) is 0.923. The molecule has 1 aromatic rings. The number of aromatic hydroxyl groups is 1. The van der Waals surface area contributed by atoms with Crippen LogP contribution in [0.5, 0.6) is 5.75 Å². The predicted octanol–water partition coefficient (Wildman–Crippen LogP) is 2.35. The Bertz CT molecular complexity index is 428. The van der Waals surface area contributed by atoms with E-state index in [9.17, 15) is 9.50 Å². The van der Waals surface area contributed by atoms with Crippen LogP contribution in [0, 0.1) is 11.2 Å². The summed E-state index contributed by atoms with van der Waals surface area (Å²) in [6.45, 7) is 5.96. The van der Waals surface area contributed by atoms with Gasteiger partial charge in [0, 0.05) is 18.7 Å². The van der Waals surface area contributed by atoms with Crippen molar-refractivity contribution in [3.8, 4) is 5.75 Å². The number of likely N-dealkylation sites (tertiary alicyclic amines) is 1. The van der Waals surface area contributed by atoms with Gasteiger partial charge in [-0.05, 0) is 44.5 Å². The second-order valence-electron chi connectivity index (χ2n) is 5.97. The first-order chi connectivity index (χ1) is 9.00. The maximum atomic E-state index is 13.2. The molecule has 0 amide bonds. The first-order valence-corrected chi connectivity index (χ1v) is 6.86. The van der Waals surface area contributed by atoms with Crippen molar-refractivity contribution in [3.05, 3.63) is 29.6 Å². The number of piperidine rings is 1. The molecule has 1 fully saturated rings. The summed E-state index contributed by atoms with van der Waals surface area (Å²) >= 11 is 0. The lowest BCUT2D eigenvalue weighted by molar-refractivity contribution is 0.136. The number of hydrogen-bond donors (Lipinski definition) is 2. The van der Waals surface area contributed by atoms with Crippen molar-refractivity contribution in [2.75, 3.05) is 26.7 Å². The molecule has 0 bridgehead atoms. The number of rotatable bonds is 4. The van der Waals surface area contributed by atoms with Gasteiger partial charge in [-0.2, -0.15) is 0 Å². The number of nitrogens with one attached hydrogen (secondary N) is 1. The third-order valence-corrected chi connectivity index (χ3v) is 4.13. The Labute approximate surface area is 114 Å². The van der Waals surface area contributed by atoms with E-state index in [1.165, 1.54) is 18.9 Å².